The number of ether oxygens (including phenoxy) is 1. The number of imidazole rings is 1. The second kappa shape index (κ2) is 9.04. The lowest BCUT2D eigenvalue weighted by Crippen LogP contribution is -2.20. The fourth-order valence-electron chi connectivity index (χ4n) is 2.83. The minimum Gasteiger partial charge on any atom is -0.481 e. The minimum absolute atomic E-state index is 0.0346. The molecule has 0 aliphatic rings. The van der Waals surface area contributed by atoms with Crippen molar-refractivity contribution in [1.82, 2.24) is 19.5 Å². The van der Waals surface area contributed by atoms with Crippen LogP contribution >= 0.6 is 0 Å². The Morgan fingerprint density at radius 2 is 1.87 bits per heavy atom. The van der Waals surface area contributed by atoms with Gasteiger partial charge in [-0.25, -0.2) is 19.3 Å². The molecule has 0 spiro atoms. The number of aryl methyl sites for hydroxylation is 1. The maximum atomic E-state index is 13.5. The van der Waals surface area contributed by atoms with E-state index in [1.165, 1.54) is 12.1 Å². The van der Waals surface area contributed by atoms with Crippen LogP contribution in [0.3, 0.4) is 0 Å². The van der Waals surface area contributed by atoms with Crippen molar-refractivity contribution in [3.05, 3.63) is 85.0 Å². The van der Waals surface area contributed by atoms with E-state index in [2.05, 4.69) is 25.6 Å². The van der Waals surface area contributed by atoms with Crippen LogP contribution in [-0.2, 0) is 4.79 Å². The normalized spacial score (nSPS) is 10.5. The molecule has 31 heavy (non-hydrogen) atoms. The zero-order chi connectivity index (χ0) is 21.6. The van der Waals surface area contributed by atoms with Crippen LogP contribution in [0, 0.1) is 12.7 Å². The lowest BCUT2D eigenvalue weighted by atomic mass is 10.2. The first-order chi connectivity index (χ1) is 15.1. The van der Waals surface area contributed by atoms with Gasteiger partial charge in [-0.2, -0.15) is 0 Å². The van der Waals surface area contributed by atoms with Crippen LogP contribution in [0.25, 0.3) is 5.82 Å². The predicted octanol–water partition coefficient (Wildman–Crippen LogP) is 3.87. The lowest BCUT2D eigenvalue weighted by molar-refractivity contribution is -0.118. The summed E-state index contributed by atoms with van der Waals surface area (Å²) in [5.74, 6) is 1.08. The van der Waals surface area contributed by atoms with Crippen LogP contribution < -0.4 is 15.4 Å². The van der Waals surface area contributed by atoms with Crippen molar-refractivity contribution >= 4 is 23.1 Å². The average molecular weight is 418 g/mol. The Balaban J connectivity index is 1.36. The third-order valence-corrected chi connectivity index (χ3v) is 4.23. The van der Waals surface area contributed by atoms with Gasteiger partial charge in [-0.15, -0.1) is 0 Å². The van der Waals surface area contributed by atoms with Gasteiger partial charge in [0.15, 0.2) is 18.2 Å². The molecule has 0 saturated heterocycles. The molecule has 0 radical (unpaired) electrons. The standard InChI is InChI=1S/C22H19FN6O2/c1-15-25-20(12-21(26-15)29-11-10-24-14-29)27-16-6-8-17(9-7-16)28-22(30)13-31-19-5-3-2-4-18(19)23/h2-12,14H,13H2,1H3,(H,28,30)(H,25,26,27). The molecular formula is C22H19FN6O2. The number of para-hydroxylation sites is 1. The quantitative estimate of drug-likeness (QED) is 0.473. The van der Waals surface area contributed by atoms with E-state index in [1.807, 2.05) is 25.1 Å². The van der Waals surface area contributed by atoms with Crippen LogP contribution in [0.2, 0.25) is 0 Å². The predicted molar refractivity (Wildman–Crippen MR) is 114 cm³/mol. The number of benzene rings is 2. The highest BCUT2D eigenvalue weighted by Crippen LogP contribution is 2.20. The number of anilines is 3. The first-order valence-electron chi connectivity index (χ1n) is 9.45. The maximum absolute atomic E-state index is 13.5. The van der Waals surface area contributed by atoms with Crippen molar-refractivity contribution in [2.45, 2.75) is 6.92 Å². The van der Waals surface area contributed by atoms with E-state index in [9.17, 15) is 9.18 Å². The Hall–Kier alpha value is -4.27. The third-order valence-electron chi connectivity index (χ3n) is 4.23. The summed E-state index contributed by atoms with van der Waals surface area (Å²) >= 11 is 0. The van der Waals surface area contributed by atoms with Gasteiger partial charge in [0.05, 0.1) is 0 Å². The van der Waals surface area contributed by atoms with Gasteiger partial charge >= 0.3 is 0 Å². The van der Waals surface area contributed by atoms with Gasteiger partial charge in [0.1, 0.15) is 23.8 Å². The Morgan fingerprint density at radius 3 is 2.61 bits per heavy atom. The molecule has 1 amide bonds. The summed E-state index contributed by atoms with van der Waals surface area (Å²) in [5, 5.41) is 5.93. The largest absolute Gasteiger partial charge is 0.481 e. The molecule has 9 heteroatoms. The number of aromatic nitrogens is 4. The van der Waals surface area contributed by atoms with E-state index >= 15 is 0 Å². The van der Waals surface area contributed by atoms with Crippen molar-refractivity contribution in [1.29, 1.82) is 0 Å². The van der Waals surface area contributed by atoms with Crippen molar-refractivity contribution in [3.63, 3.8) is 0 Å². The Bertz CT molecular complexity index is 1180. The molecule has 0 unspecified atom stereocenters. The minimum atomic E-state index is -0.512. The Kier molecular flexibility index (Phi) is 5.84. The topological polar surface area (TPSA) is 94.0 Å². The van der Waals surface area contributed by atoms with E-state index < -0.39 is 5.82 Å². The number of rotatable bonds is 7. The van der Waals surface area contributed by atoms with E-state index in [1.54, 1.807) is 47.6 Å². The first kappa shape index (κ1) is 20.0. The van der Waals surface area contributed by atoms with E-state index in [-0.39, 0.29) is 18.3 Å². The molecule has 4 rings (SSSR count). The van der Waals surface area contributed by atoms with Crippen molar-refractivity contribution in [2.24, 2.45) is 0 Å². The highest BCUT2D eigenvalue weighted by Gasteiger charge is 2.08. The molecule has 2 aromatic heterocycles. The highest BCUT2D eigenvalue weighted by atomic mass is 19.1. The molecule has 156 valence electrons. The van der Waals surface area contributed by atoms with Gasteiger partial charge in [0.2, 0.25) is 0 Å². The van der Waals surface area contributed by atoms with E-state index in [0.29, 0.717) is 23.1 Å². The summed E-state index contributed by atoms with van der Waals surface area (Å²) in [6, 6.07) is 14.8. The number of nitrogens with one attached hydrogen (secondary N) is 2. The Morgan fingerprint density at radius 1 is 1.10 bits per heavy atom. The zero-order valence-electron chi connectivity index (χ0n) is 16.6. The molecule has 8 nitrogen and oxygen atoms in total. The number of nitrogens with zero attached hydrogens (tertiary/aromatic N) is 4. The fraction of sp³-hybridized carbons (Fsp3) is 0.0909. The van der Waals surface area contributed by atoms with Gasteiger partial charge in [-0.05, 0) is 43.3 Å². The molecule has 0 saturated carbocycles. The molecule has 2 heterocycles. The molecule has 0 fully saturated rings. The summed E-state index contributed by atoms with van der Waals surface area (Å²) in [7, 11) is 0. The molecule has 0 atom stereocenters. The second-order valence-electron chi connectivity index (χ2n) is 6.60. The van der Waals surface area contributed by atoms with Crippen molar-refractivity contribution < 1.29 is 13.9 Å². The van der Waals surface area contributed by atoms with Crippen molar-refractivity contribution in [2.75, 3.05) is 17.2 Å². The van der Waals surface area contributed by atoms with Gasteiger partial charge in [-0.1, -0.05) is 12.1 Å². The SMILES string of the molecule is Cc1nc(Nc2ccc(NC(=O)COc3ccccc3F)cc2)cc(-n2ccnc2)n1. The maximum Gasteiger partial charge on any atom is 0.262 e. The fourth-order valence-corrected chi connectivity index (χ4v) is 2.83. The summed E-state index contributed by atoms with van der Waals surface area (Å²) < 4.78 is 20.5. The monoisotopic (exact) mass is 418 g/mol. The van der Waals surface area contributed by atoms with E-state index in [4.69, 9.17) is 4.74 Å². The zero-order valence-corrected chi connectivity index (χ0v) is 16.6. The van der Waals surface area contributed by atoms with Crippen LogP contribution in [0.5, 0.6) is 5.75 Å². The van der Waals surface area contributed by atoms with Gasteiger partial charge in [-0.3, -0.25) is 9.36 Å². The summed E-state index contributed by atoms with van der Waals surface area (Å²) in [4.78, 5) is 24.9. The van der Waals surface area contributed by atoms with Gasteiger partial charge < -0.3 is 15.4 Å². The molecule has 2 N–H and O–H groups in total. The number of carbonyl (C=O) groups excluding carboxylic acids is 1. The number of amides is 1. The summed E-state index contributed by atoms with van der Waals surface area (Å²) in [6.45, 7) is 1.52. The number of hydrogen-bond donors (Lipinski definition) is 2. The van der Waals surface area contributed by atoms with Gasteiger partial charge in [0, 0.05) is 29.8 Å². The molecule has 0 aliphatic heterocycles. The smallest absolute Gasteiger partial charge is 0.262 e. The van der Waals surface area contributed by atoms with Crippen molar-refractivity contribution in [3.8, 4) is 11.6 Å². The third kappa shape index (κ3) is 5.21. The Labute approximate surface area is 177 Å². The number of carbonyl (C=O) groups is 1. The molecular weight excluding hydrogens is 399 g/mol. The summed E-state index contributed by atoms with van der Waals surface area (Å²) in [5.41, 5.74) is 1.38. The second-order valence-corrected chi connectivity index (χ2v) is 6.60. The molecule has 0 aliphatic carbocycles. The number of hydrogen-bond acceptors (Lipinski definition) is 6. The molecule has 0 bridgehead atoms. The highest BCUT2D eigenvalue weighted by molar-refractivity contribution is 5.92. The molecule has 4 aromatic rings. The van der Waals surface area contributed by atoms with Crippen LogP contribution in [0.4, 0.5) is 21.6 Å². The van der Waals surface area contributed by atoms with Crippen LogP contribution in [0.1, 0.15) is 5.82 Å². The molecule has 2 aromatic carbocycles. The lowest BCUT2D eigenvalue weighted by Gasteiger charge is -2.11. The van der Waals surface area contributed by atoms with Crippen LogP contribution in [-0.4, -0.2) is 32.0 Å². The first-order valence-corrected chi connectivity index (χ1v) is 9.45. The van der Waals surface area contributed by atoms with Crippen LogP contribution in [0.15, 0.2) is 73.3 Å². The summed E-state index contributed by atoms with van der Waals surface area (Å²) in [6.07, 6.45) is 5.15. The van der Waals surface area contributed by atoms with Gasteiger partial charge in [0.25, 0.3) is 5.91 Å². The average Bonchev–Trinajstić information content (AvgIpc) is 3.29. The van der Waals surface area contributed by atoms with E-state index in [0.717, 1.165) is 5.69 Å². The number of halogens is 1.